The minimum atomic E-state index is -0.355. The molecule has 0 unspecified atom stereocenters. The molecule has 2 N–H and O–H groups in total. The Balaban J connectivity index is 1.52. The van der Waals surface area contributed by atoms with E-state index >= 15 is 0 Å². The fourth-order valence-corrected chi connectivity index (χ4v) is 3.93. The quantitative estimate of drug-likeness (QED) is 0.615. The standard InChI is InChI=1S/C17H17ClN6O2S2/c1-10-4-20-21-6-13(10)15(25)24(2)7-12-9-28-17(22-12)23-16(26)19-5-11-3-14(18)27-8-11/h3-4,6,8-9H,5,7H2,1-2H3,(H2,19,22,23,26). The summed E-state index contributed by atoms with van der Waals surface area (Å²) < 4.78 is 0.679. The van der Waals surface area contributed by atoms with E-state index in [1.165, 1.54) is 28.9 Å². The molecule has 0 aromatic carbocycles. The predicted octanol–water partition coefficient (Wildman–Crippen LogP) is 3.55. The molecule has 0 aliphatic carbocycles. The van der Waals surface area contributed by atoms with Gasteiger partial charge in [-0.25, -0.2) is 9.78 Å². The van der Waals surface area contributed by atoms with Crippen LogP contribution in [0.15, 0.2) is 29.2 Å². The van der Waals surface area contributed by atoms with Gasteiger partial charge in [0.15, 0.2) is 5.13 Å². The highest BCUT2D eigenvalue weighted by molar-refractivity contribution is 7.14. The first-order valence-electron chi connectivity index (χ1n) is 8.17. The van der Waals surface area contributed by atoms with Gasteiger partial charge in [-0.2, -0.15) is 10.2 Å². The van der Waals surface area contributed by atoms with Gasteiger partial charge in [0.05, 0.1) is 34.5 Å². The van der Waals surface area contributed by atoms with Gasteiger partial charge in [-0.1, -0.05) is 11.6 Å². The van der Waals surface area contributed by atoms with E-state index in [-0.39, 0.29) is 11.9 Å². The maximum atomic E-state index is 12.5. The molecule has 0 saturated carbocycles. The maximum Gasteiger partial charge on any atom is 0.321 e. The number of thiophene rings is 1. The first-order valence-corrected chi connectivity index (χ1v) is 10.3. The van der Waals surface area contributed by atoms with Gasteiger partial charge in [0.25, 0.3) is 5.91 Å². The second kappa shape index (κ2) is 9.09. The van der Waals surface area contributed by atoms with Crippen molar-refractivity contribution in [1.29, 1.82) is 0 Å². The third-order valence-corrected chi connectivity index (χ3v) is 5.70. The monoisotopic (exact) mass is 436 g/mol. The topological polar surface area (TPSA) is 100 Å². The van der Waals surface area contributed by atoms with Gasteiger partial charge in [-0.05, 0) is 29.5 Å². The zero-order valence-corrected chi connectivity index (χ0v) is 17.5. The fraction of sp³-hybridized carbons (Fsp3) is 0.235. The zero-order valence-electron chi connectivity index (χ0n) is 15.1. The van der Waals surface area contributed by atoms with Crippen LogP contribution in [0.25, 0.3) is 0 Å². The lowest BCUT2D eigenvalue weighted by atomic mass is 10.1. The van der Waals surface area contributed by atoms with Crippen LogP contribution in [-0.4, -0.2) is 39.1 Å². The number of aryl methyl sites for hydroxylation is 1. The highest BCUT2D eigenvalue weighted by Crippen LogP contribution is 2.20. The Kier molecular flexibility index (Phi) is 6.55. The average molecular weight is 437 g/mol. The van der Waals surface area contributed by atoms with E-state index in [9.17, 15) is 9.59 Å². The van der Waals surface area contributed by atoms with E-state index in [1.54, 1.807) is 29.6 Å². The first-order chi connectivity index (χ1) is 13.4. The van der Waals surface area contributed by atoms with Gasteiger partial charge >= 0.3 is 6.03 Å². The molecular formula is C17H17ClN6O2S2. The van der Waals surface area contributed by atoms with E-state index in [2.05, 4.69) is 25.8 Å². The molecule has 3 aromatic rings. The lowest BCUT2D eigenvalue weighted by molar-refractivity contribution is 0.0782. The van der Waals surface area contributed by atoms with E-state index < -0.39 is 0 Å². The number of hydrogen-bond acceptors (Lipinski definition) is 7. The summed E-state index contributed by atoms with van der Waals surface area (Å²) in [5.74, 6) is -0.165. The molecule has 0 radical (unpaired) electrons. The predicted molar refractivity (Wildman–Crippen MR) is 110 cm³/mol. The van der Waals surface area contributed by atoms with Crippen LogP contribution < -0.4 is 10.6 Å². The van der Waals surface area contributed by atoms with Crippen molar-refractivity contribution in [3.63, 3.8) is 0 Å². The molecule has 11 heteroatoms. The van der Waals surface area contributed by atoms with Crippen LogP contribution in [0.2, 0.25) is 4.34 Å². The summed E-state index contributed by atoms with van der Waals surface area (Å²) in [4.78, 5) is 30.4. The van der Waals surface area contributed by atoms with Gasteiger partial charge in [0, 0.05) is 19.0 Å². The van der Waals surface area contributed by atoms with Crippen molar-refractivity contribution in [3.8, 4) is 0 Å². The van der Waals surface area contributed by atoms with Crippen LogP contribution in [0.1, 0.15) is 27.2 Å². The maximum absolute atomic E-state index is 12.5. The SMILES string of the molecule is Cc1cnncc1C(=O)N(C)Cc1csc(NC(=O)NCc2csc(Cl)c2)n1. The van der Waals surface area contributed by atoms with Crippen LogP contribution in [0, 0.1) is 6.92 Å². The number of carbonyl (C=O) groups excluding carboxylic acids is 2. The van der Waals surface area contributed by atoms with Crippen molar-refractivity contribution < 1.29 is 9.59 Å². The Hall–Kier alpha value is -2.56. The number of rotatable bonds is 6. The van der Waals surface area contributed by atoms with Crippen molar-refractivity contribution in [3.05, 3.63) is 55.9 Å². The molecule has 28 heavy (non-hydrogen) atoms. The third kappa shape index (κ3) is 5.24. The summed E-state index contributed by atoms with van der Waals surface area (Å²) in [5.41, 5.74) is 2.88. The first kappa shape index (κ1) is 20.2. The van der Waals surface area contributed by atoms with Gasteiger partial charge in [0.1, 0.15) is 0 Å². The van der Waals surface area contributed by atoms with Crippen molar-refractivity contribution in [2.24, 2.45) is 0 Å². The van der Waals surface area contributed by atoms with E-state index in [0.717, 1.165) is 11.1 Å². The zero-order chi connectivity index (χ0) is 20.1. The Morgan fingerprint density at radius 3 is 2.71 bits per heavy atom. The van der Waals surface area contributed by atoms with E-state index in [4.69, 9.17) is 11.6 Å². The molecule has 3 rings (SSSR count). The summed E-state index contributed by atoms with van der Waals surface area (Å²) in [7, 11) is 1.69. The number of urea groups is 1. The number of nitrogens with zero attached hydrogens (tertiary/aromatic N) is 4. The Morgan fingerprint density at radius 1 is 1.21 bits per heavy atom. The van der Waals surface area contributed by atoms with Crippen molar-refractivity contribution in [2.45, 2.75) is 20.0 Å². The highest BCUT2D eigenvalue weighted by Gasteiger charge is 2.16. The van der Waals surface area contributed by atoms with Gasteiger partial charge in [-0.15, -0.1) is 22.7 Å². The minimum absolute atomic E-state index is 0.165. The fourth-order valence-electron chi connectivity index (χ4n) is 2.33. The molecule has 3 amide bonds. The lowest BCUT2D eigenvalue weighted by Gasteiger charge is -2.16. The summed E-state index contributed by atoms with van der Waals surface area (Å²) >= 11 is 8.58. The van der Waals surface area contributed by atoms with Crippen molar-refractivity contribution >= 4 is 51.3 Å². The molecule has 3 heterocycles. The molecule has 0 atom stereocenters. The molecular weight excluding hydrogens is 420 g/mol. The van der Waals surface area contributed by atoms with E-state index in [0.29, 0.717) is 33.8 Å². The number of aromatic nitrogens is 3. The molecule has 0 fully saturated rings. The number of halogens is 1. The Labute approximate surface area is 174 Å². The molecule has 0 aliphatic heterocycles. The van der Waals surface area contributed by atoms with Crippen LogP contribution >= 0.6 is 34.3 Å². The molecule has 8 nitrogen and oxygen atoms in total. The summed E-state index contributed by atoms with van der Waals surface area (Å²) in [6, 6.07) is 1.45. The number of nitrogens with one attached hydrogen (secondary N) is 2. The third-order valence-electron chi connectivity index (χ3n) is 3.75. The van der Waals surface area contributed by atoms with E-state index in [1.807, 2.05) is 12.3 Å². The largest absolute Gasteiger partial charge is 0.336 e. The van der Waals surface area contributed by atoms with Gasteiger partial charge in [-0.3, -0.25) is 10.1 Å². The molecule has 0 aliphatic rings. The normalized spacial score (nSPS) is 10.5. The molecule has 146 valence electrons. The van der Waals surface area contributed by atoms with Gasteiger partial charge in [0.2, 0.25) is 0 Å². The number of anilines is 1. The van der Waals surface area contributed by atoms with Crippen LogP contribution in [0.5, 0.6) is 0 Å². The lowest BCUT2D eigenvalue weighted by Crippen LogP contribution is -2.28. The summed E-state index contributed by atoms with van der Waals surface area (Å²) in [6.07, 6.45) is 3.00. The van der Waals surface area contributed by atoms with Crippen LogP contribution in [0.4, 0.5) is 9.93 Å². The van der Waals surface area contributed by atoms with Crippen molar-refractivity contribution in [1.82, 2.24) is 25.4 Å². The number of hydrogen-bond donors (Lipinski definition) is 2. The van der Waals surface area contributed by atoms with Crippen LogP contribution in [0.3, 0.4) is 0 Å². The second-order valence-electron chi connectivity index (χ2n) is 5.96. The smallest absolute Gasteiger partial charge is 0.321 e. The van der Waals surface area contributed by atoms with Gasteiger partial charge < -0.3 is 10.2 Å². The summed E-state index contributed by atoms with van der Waals surface area (Å²) in [6.45, 7) is 2.50. The number of carbonyl (C=O) groups is 2. The molecule has 3 aromatic heterocycles. The van der Waals surface area contributed by atoms with Crippen molar-refractivity contribution in [2.75, 3.05) is 12.4 Å². The summed E-state index contributed by atoms with van der Waals surface area (Å²) in [5, 5.41) is 17.1. The molecule has 0 bridgehead atoms. The minimum Gasteiger partial charge on any atom is -0.336 e. The number of thiazole rings is 1. The molecule has 0 spiro atoms. The average Bonchev–Trinajstić information content (AvgIpc) is 3.28. The highest BCUT2D eigenvalue weighted by atomic mass is 35.5. The van der Waals surface area contributed by atoms with Crippen LogP contribution in [-0.2, 0) is 13.1 Å². The Bertz CT molecular complexity index is 989. The Morgan fingerprint density at radius 2 is 2.00 bits per heavy atom. The molecule has 0 saturated heterocycles. The number of amides is 3. The second-order valence-corrected chi connectivity index (χ2v) is 8.36.